The molecule has 0 aromatic heterocycles. The van der Waals surface area contributed by atoms with Crippen molar-refractivity contribution in [3.8, 4) is 0 Å². The number of carboxylic acid groups (broad SMARTS) is 2. The number of aliphatic carboxylic acids is 2. The van der Waals surface area contributed by atoms with Gasteiger partial charge in [0, 0.05) is 13.2 Å². The molecule has 0 aromatic rings. The highest BCUT2D eigenvalue weighted by Gasteiger charge is 2.42. The molecule has 0 aliphatic heterocycles. The van der Waals surface area contributed by atoms with Crippen molar-refractivity contribution in [3.63, 3.8) is 0 Å². The number of hydrogen-bond acceptors (Lipinski definition) is 8. The Morgan fingerprint density at radius 1 is 0.448 bits per heavy atom. The van der Waals surface area contributed by atoms with E-state index >= 15 is 0 Å². The number of carbonyl (C=O) groups is 3. The molecule has 6 atom stereocenters. The van der Waals surface area contributed by atoms with Gasteiger partial charge in [-0.25, -0.2) is 9.78 Å². The Morgan fingerprint density at radius 2 is 0.931 bits per heavy atom. The van der Waals surface area contributed by atoms with E-state index in [0.29, 0.717) is 62.9 Å². The summed E-state index contributed by atoms with van der Waals surface area (Å²) in [4.78, 5) is 49.0. The first kappa shape index (κ1) is 45.8. The van der Waals surface area contributed by atoms with Gasteiger partial charge in [0.1, 0.15) is 6.10 Å². The van der Waals surface area contributed by atoms with Crippen molar-refractivity contribution < 1.29 is 48.6 Å². The molecular weight excluding hydrogens is 737 g/mol. The molecule has 6 unspecified atom stereocenters. The molecule has 6 aliphatic carbocycles. The third-order valence-corrected chi connectivity index (χ3v) is 15.8. The van der Waals surface area contributed by atoms with E-state index in [1.807, 2.05) is 0 Å². The Kier molecular flexibility index (Phi) is 19.4. The first-order chi connectivity index (χ1) is 28.3. The largest absolute Gasteiger partial charge is 0.481 e. The smallest absolute Gasteiger partial charge is 0.310 e. The Morgan fingerprint density at radius 3 is 1.47 bits per heavy atom. The number of esters is 1. The van der Waals surface area contributed by atoms with E-state index in [2.05, 4.69) is 0 Å². The molecule has 0 saturated heterocycles. The summed E-state index contributed by atoms with van der Waals surface area (Å²) in [7, 11) is 0. The lowest BCUT2D eigenvalue weighted by atomic mass is 9.70. The summed E-state index contributed by atoms with van der Waals surface area (Å²) in [6, 6.07) is 0. The van der Waals surface area contributed by atoms with Crippen LogP contribution in [0.15, 0.2) is 0 Å². The van der Waals surface area contributed by atoms with Gasteiger partial charge in [-0.1, -0.05) is 64.2 Å². The van der Waals surface area contributed by atoms with Crippen molar-refractivity contribution in [1.82, 2.24) is 0 Å². The second-order valence-electron chi connectivity index (χ2n) is 20.0. The lowest BCUT2D eigenvalue weighted by Gasteiger charge is -2.36. The highest BCUT2D eigenvalue weighted by molar-refractivity contribution is 5.81. The monoisotopic (exact) mass is 817 g/mol. The van der Waals surface area contributed by atoms with Crippen LogP contribution in [0.1, 0.15) is 180 Å². The summed E-state index contributed by atoms with van der Waals surface area (Å²) in [5.74, 6) is 0.690. The van der Waals surface area contributed by atoms with E-state index < -0.39 is 23.8 Å². The van der Waals surface area contributed by atoms with Gasteiger partial charge < -0.3 is 24.4 Å². The van der Waals surface area contributed by atoms with Gasteiger partial charge in [0.15, 0.2) is 0 Å². The van der Waals surface area contributed by atoms with Crippen molar-refractivity contribution in [1.29, 1.82) is 0 Å². The molecule has 6 fully saturated rings. The summed E-state index contributed by atoms with van der Waals surface area (Å²) in [6.07, 6.45) is 30.6. The normalized spacial score (nSPS) is 34.3. The van der Waals surface area contributed by atoms with Gasteiger partial charge in [-0.15, -0.1) is 0 Å². The van der Waals surface area contributed by atoms with Crippen LogP contribution in [0.25, 0.3) is 0 Å². The molecule has 2 N–H and O–H groups in total. The van der Waals surface area contributed by atoms with Gasteiger partial charge in [-0.3, -0.25) is 14.4 Å². The van der Waals surface area contributed by atoms with Gasteiger partial charge in [0.25, 0.3) is 0 Å². The molecule has 10 nitrogen and oxygen atoms in total. The maximum Gasteiger partial charge on any atom is 0.310 e. The fraction of sp³-hybridized carbons (Fsp3) is 0.938. The predicted molar refractivity (Wildman–Crippen MR) is 222 cm³/mol. The van der Waals surface area contributed by atoms with E-state index in [-0.39, 0.29) is 30.0 Å². The fourth-order valence-electron chi connectivity index (χ4n) is 12.3. The van der Waals surface area contributed by atoms with Gasteiger partial charge >= 0.3 is 17.9 Å². The molecule has 10 heteroatoms. The van der Waals surface area contributed by atoms with Crippen molar-refractivity contribution in [2.24, 2.45) is 59.2 Å². The third kappa shape index (κ3) is 15.0. The zero-order valence-electron chi connectivity index (χ0n) is 35.9. The molecule has 0 radical (unpaired) electrons. The number of rotatable bonds is 21. The molecule has 0 spiro atoms. The number of hydrogen-bond donors (Lipinski definition) is 2. The summed E-state index contributed by atoms with van der Waals surface area (Å²) >= 11 is 0. The van der Waals surface area contributed by atoms with Crippen molar-refractivity contribution in [2.75, 3.05) is 33.0 Å². The number of carboxylic acids is 2. The standard InChI is InChI=1S/C48H80O10/c49-46(50)43-21-15-38(29-36-7-3-1-4-8-36)31-40(43)33-56-58-42-19-13-35(14-20-42)24-26-55-28-27-54-25-23-34-11-17-41(18-12-34)57-48(53)45-32-39(16-22-44(45)47(51)52)30-37-9-5-2-6-10-37/h34-45H,1-33H2,(H,49,50)(H,51,52). The van der Waals surface area contributed by atoms with Crippen molar-refractivity contribution >= 4 is 17.9 Å². The number of carbonyl (C=O) groups excluding carboxylic acids is 1. The molecule has 0 heterocycles. The molecular formula is C48H80O10. The summed E-state index contributed by atoms with van der Waals surface area (Å²) in [5.41, 5.74) is 0. The minimum atomic E-state index is -0.843. The van der Waals surface area contributed by atoms with E-state index in [9.17, 15) is 24.6 Å². The minimum Gasteiger partial charge on any atom is -0.481 e. The number of ether oxygens (including phenoxy) is 3. The summed E-state index contributed by atoms with van der Waals surface area (Å²) < 4.78 is 17.9. The van der Waals surface area contributed by atoms with E-state index in [1.54, 1.807) is 0 Å². The van der Waals surface area contributed by atoms with E-state index in [4.69, 9.17) is 24.0 Å². The van der Waals surface area contributed by atoms with Crippen LogP contribution < -0.4 is 0 Å². The Balaban J connectivity index is 0.753. The summed E-state index contributed by atoms with van der Waals surface area (Å²) in [5, 5.41) is 19.7. The highest BCUT2D eigenvalue weighted by Crippen LogP contribution is 2.43. The van der Waals surface area contributed by atoms with Crippen LogP contribution in [0.5, 0.6) is 0 Å². The first-order valence-electron chi connectivity index (χ1n) is 24.4. The average Bonchev–Trinajstić information content (AvgIpc) is 3.23. The Bertz CT molecular complexity index is 1200. The molecule has 0 aromatic carbocycles. The second-order valence-corrected chi connectivity index (χ2v) is 20.0. The molecule has 6 aliphatic rings. The third-order valence-electron chi connectivity index (χ3n) is 15.8. The molecule has 6 rings (SSSR count). The van der Waals surface area contributed by atoms with Gasteiger partial charge in [0.2, 0.25) is 0 Å². The first-order valence-corrected chi connectivity index (χ1v) is 24.4. The van der Waals surface area contributed by atoms with Crippen LogP contribution in [-0.4, -0.2) is 73.4 Å². The van der Waals surface area contributed by atoms with Crippen molar-refractivity contribution in [3.05, 3.63) is 0 Å². The minimum absolute atomic E-state index is 0.0445. The zero-order valence-corrected chi connectivity index (χ0v) is 35.9. The SMILES string of the molecule is O=C(O)C1CCC(CC2CCCCC2)CC1COOC1CCC(CCOCCOCCC2CCC(OC(=O)C3CC(CC4CCCCC4)CCC3C(=O)O)CC2)CC1. The van der Waals surface area contributed by atoms with Crippen LogP contribution in [0, 0.1) is 59.2 Å². The van der Waals surface area contributed by atoms with Crippen molar-refractivity contribution in [2.45, 2.75) is 192 Å². The lowest BCUT2D eigenvalue weighted by molar-refractivity contribution is -0.337. The predicted octanol–water partition coefficient (Wildman–Crippen LogP) is 10.6. The van der Waals surface area contributed by atoms with Crippen LogP contribution in [0.4, 0.5) is 0 Å². The highest BCUT2D eigenvalue weighted by atomic mass is 17.2. The lowest BCUT2D eigenvalue weighted by Crippen LogP contribution is -2.39. The van der Waals surface area contributed by atoms with E-state index in [1.165, 1.54) is 70.6 Å². The van der Waals surface area contributed by atoms with Gasteiger partial charge in [-0.05, 0) is 157 Å². The second kappa shape index (κ2) is 24.6. The fourth-order valence-corrected chi connectivity index (χ4v) is 12.3. The molecule has 332 valence electrons. The quantitative estimate of drug-likeness (QED) is 0.0498. The molecule has 58 heavy (non-hydrogen) atoms. The van der Waals surface area contributed by atoms with Gasteiger partial charge in [0.05, 0.1) is 43.7 Å². The maximum absolute atomic E-state index is 13.3. The average molecular weight is 817 g/mol. The summed E-state index contributed by atoms with van der Waals surface area (Å²) in [6.45, 7) is 3.06. The molecule has 0 amide bonds. The van der Waals surface area contributed by atoms with Crippen LogP contribution in [-0.2, 0) is 38.4 Å². The van der Waals surface area contributed by atoms with Crippen LogP contribution >= 0.6 is 0 Å². The van der Waals surface area contributed by atoms with Gasteiger partial charge in [-0.2, -0.15) is 0 Å². The molecule has 0 bridgehead atoms. The van der Waals surface area contributed by atoms with Crippen LogP contribution in [0.2, 0.25) is 0 Å². The zero-order chi connectivity index (χ0) is 40.5. The topological polar surface area (TPSA) is 138 Å². The maximum atomic E-state index is 13.3. The Hall–Kier alpha value is -1.75. The Labute approximate surface area is 349 Å². The van der Waals surface area contributed by atoms with Crippen LogP contribution in [0.3, 0.4) is 0 Å². The van der Waals surface area contributed by atoms with E-state index in [0.717, 1.165) is 115 Å². The molecule has 6 saturated carbocycles.